The Morgan fingerprint density at radius 2 is 2.05 bits per heavy atom. The maximum absolute atomic E-state index is 6.02. The van der Waals surface area contributed by atoms with Gasteiger partial charge in [-0.25, -0.2) is 9.97 Å². The second-order valence-corrected chi connectivity index (χ2v) is 6.31. The van der Waals surface area contributed by atoms with Gasteiger partial charge in [-0.2, -0.15) is 0 Å². The predicted molar refractivity (Wildman–Crippen MR) is 82.6 cm³/mol. The first-order valence-electron chi connectivity index (χ1n) is 6.69. The highest BCUT2D eigenvalue weighted by Crippen LogP contribution is 2.22. The molecule has 5 nitrogen and oxygen atoms in total. The fourth-order valence-corrected chi connectivity index (χ4v) is 3.36. The molecule has 0 radical (unpaired) electrons. The standard InChI is InChI=1S/C13H18ClN5S/c1-10-9-20-13(16-10)19-5-3-18(4-6-19)8-12-15-7-11(14)17(12)2/h7,9H,3-6,8H2,1-2H3. The van der Waals surface area contributed by atoms with Gasteiger partial charge in [-0.3, -0.25) is 4.90 Å². The summed E-state index contributed by atoms with van der Waals surface area (Å²) in [5.74, 6) is 1.02. The third kappa shape index (κ3) is 2.82. The minimum Gasteiger partial charge on any atom is -0.346 e. The normalized spacial score (nSPS) is 16.9. The number of aryl methyl sites for hydroxylation is 1. The number of hydrogen-bond acceptors (Lipinski definition) is 5. The number of hydrogen-bond donors (Lipinski definition) is 0. The molecule has 1 fully saturated rings. The molecule has 0 spiro atoms. The lowest BCUT2D eigenvalue weighted by atomic mass is 10.3. The van der Waals surface area contributed by atoms with Gasteiger partial charge in [0, 0.05) is 38.6 Å². The molecular formula is C13H18ClN5S. The lowest BCUT2D eigenvalue weighted by molar-refractivity contribution is 0.242. The van der Waals surface area contributed by atoms with Gasteiger partial charge in [-0.05, 0) is 6.92 Å². The van der Waals surface area contributed by atoms with Crippen molar-refractivity contribution in [1.82, 2.24) is 19.4 Å². The van der Waals surface area contributed by atoms with Gasteiger partial charge in [0.1, 0.15) is 11.0 Å². The van der Waals surface area contributed by atoms with Crippen LogP contribution in [0.1, 0.15) is 11.5 Å². The molecule has 1 saturated heterocycles. The second kappa shape index (κ2) is 5.71. The van der Waals surface area contributed by atoms with E-state index in [1.54, 1.807) is 17.5 Å². The van der Waals surface area contributed by atoms with E-state index >= 15 is 0 Å². The lowest BCUT2D eigenvalue weighted by Gasteiger charge is -2.34. The monoisotopic (exact) mass is 311 g/mol. The van der Waals surface area contributed by atoms with E-state index in [0.29, 0.717) is 5.15 Å². The smallest absolute Gasteiger partial charge is 0.185 e. The highest BCUT2D eigenvalue weighted by Gasteiger charge is 2.20. The molecular weight excluding hydrogens is 294 g/mol. The molecule has 0 aliphatic carbocycles. The first kappa shape index (κ1) is 13.9. The first-order valence-corrected chi connectivity index (χ1v) is 7.95. The predicted octanol–water partition coefficient (Wildman–Crippen LogP) is 2.16. The largest absolute Gasteiger partial charge is 0.346 e. The Balaban J connectivity index is 1.57. The highest BCUT2D eigenvalue weighted by atomic mass is 35.5. The number of thiazole rings is 1. The number of piperazine rings is 1. The summed E-state index contributed by atoms with van der Waals surface area (Å²) in [5.41, 5.74) is 1.11. The molecule has 0 N–H and O–H groups in total. The maximum atomic E-state index is 6.02. The number of imidazole rings is 1. The van der Waals surface area contributed by atoms with Crippen LogP contribution in [0.3, 0.4) is 0 Å². The molecule has 0 bridgehead atoms. The lowest BCUT2D eigenvalue weighted by Crippen LogP contribution is -2.46. The third-order valence-corrected chi connectivity index (χ3v) is 5.01. The Morgan fingerprint density at radius 1 is 1.30 bits per heavy atom. The van der Waals surface area contributed by atoms with Crippen LogP contribution < -0.4 is 4.90 Å². The zero-order valence-corrected chi connectivity index (χ0v) is 13.3. The number of anilines is 1. The third-order valence-electron chi connectivity index (χ3n) is 3.64. The summed E-state index contributed by atoms with van der Waals surface area (Å²) in [7, 11) is 1.96. The highest BCUT2D eigenvalue weighted by molar-refractivity contribution is 7.13. The van der Waals surface area contributed by atoms with Crippen LogP contribution in [0.4, 0.5) is 5.13 Å². The van der Waals surface area contributed by atoms with Crippen LogP contribution in [0.5, 0.6) is 0 Å². The van der Waals surface area contributed by atoms with Crippen LogP contribution in [0, 0.1) is 6.92 Å². The van der Waals surface area contributed by atoms with Crippen LogP contribution in [0.2, 0.25) is 5.15 Å². The topological polar surface area (TPSA) is 37.2 Å². The van der Waals surface area contributed by atoms with Crippen molar-refractivity contribution in [2.45, 2.75) is 13.5 Å². The van der Waals surface area contributed by atoms with E-state index in [1.807, 2.05) is 18.5 Å². The van der Waals surface area contributed by atoms with Gasteiger partial charge >= 0.3 is 0 Å². The fraction of sp³-hybridized carbons (Fsp3) is 0.538. The number of aromatic nitrogens is 3. The van der Waals surface area contributed by atoms with Gasteiger partial charge in [0.15, 0.2) is 5.13 Å². The van der Waals surface area contributed by atoms with E-state index in [1.165, 1.54) is 0 Å². The van der Waals surface area contributed by atoms with E-state index in [2.05, 4.69) is 25.1 Å². The minimum atomic E-state index is 0.692. The summed E-state index contributed by atoms with van der Waals surface area (Å²) in [6.45, 7) is 7.00. The average Bonchev–Trinajstić information content (AvgIpc) is 3.01. The Labute approximate surface area is 127 Å². The Hall–Kier alpha value is -1.11. The molecule has 108 valence electrons. The van der Waals surface area contributed by atoms with Crippen molar-refractivity contribution in [3.63, 3.8) is 0 Å². The molecule has 0 aromatic carbocycles. The SMILES string of the molecule is Cc1csc(N2CCN(Cc3ncc(Cl)n3C)CC2)n1. The van der Waals surface area contributed by atoms with Crippen molar-refractivity contribution in [3.05, 3.63) is 28.2 Å². The molecule has 1 aliphatic rings. The summed E-state index contributed by atoms with van der Waals surface area (Å²) in [6.07, 6.45) is 1.71. The van der Waals surface area contributed by atoms with Crippen LogP contribution in [0.15, 0.2) is 11.6 Å². The molecule has 3 heterocycles. The summed E-state index contributed by atoms with van der Waals surface area (Å²) in [4.78, 5) is 13.7. The minimum absolute atomic E-state index is 0.692. The molecule has 0 saturated carbocycles. The van der Waals surface area contributed by atoms with Gasteiger partial charge in [0.05, 0.1) is 18.4 Å². The maximum Gasteiger partial charge on any atom is 0.185 e. The van der Waals surface area contributed by atoms with Gasteiger partial charge in [-0.15, -0.1) is 11.3 Å². The van der Waals surface area contributed by atoms with Crippen molar-refractivity contribution >= 4 is 28.1 Å². The number of halogens is 1. The van der Waals surface area contributed by atoms with Gasteiger partial charge in [0.2, 0.25) is 0 Å². The number of nitrogens with zero attached hydrogens (tertiary/aromatic N) is 5. The second-order valence-electron chi connectivity index (χ2n) is 5.09. The van der Waals surface area contributed by atoms with E-state index in [9.17, 15) is 0 Å². The van der Waals surface area contributed by atoms with Gasteiger partial charge in [0.25, 0.3) is 0 Å². The zero-order valence-electron chi connectivity index (χ0n) is 11.7. The summed E-state index contributed by atoms with van der Waals surface area (Å²) < 4.78 is 1.94. The van der Waals surface area contributed by atoms with Crippen molar-refractivity contribution < 1.29 is 0 Å². The Kier molecular flexibility index (Phi) is 3.96. The van der Waals surface area contributed by atoms with Crippen molar-refractivity contribution in [2.24, 2.45) is 7.05 Å². The molecule has 1 aliphatic heterocycles. The quantitative estimate of drug-likeness (QED) is 0.870. The van der Waals surface area contributed by atoms with Crippen molar-refractivity contribution in [1.29, 1.82) is 0 Å². The van der Waals surface area contributed by atoms with Crippen LogP contribution in [0.25, 0.3) is 0 Å². The molecule has 0 unspecified atom stereocenters. The summed E-state index contributed by atoms with van der Waals surface area (Å²) in [6, 6.07) is 0. The summed E-state index contributed by atoms with van der Waals surface area (Å²) in [5, 5.41) is 3.94. The van der Waals surface area contributed by atoms with Crippen molar-refractivity contribution in [2.75, 3.05) is 31.1 Å². The van der Waals surface area contributed by atoms with E-state index in [4.69, 9.17) is 11.6 Å². The van der Waals surface area contributed by atoms with Crippen LogP contribution in [-0.2, 0) is 13.6 Å². The van der Waals surface area contributed by atoms with Crippen molar-refractivity contribution in [3.8, 4) is 0 Å². The fourth-order valence-electron chi connectivity index (χ4n) is 2.36. The first-order chi connectivity index (χ1) is 9.63. The van der Waals surface area contributed by atoms with Crippen LogP contribution >= 0.6 is 22.9 Å². The molecule has 0 atom stereocenters. The van der Waals surface area contributed by atoms with Gasteiger partial charge < -0.3 is 9.47 Å². The average molecular weight is 312 g/mol. The van der Waals surface area contributed by atoms with E-state index in [-0.39, 0.29) is 0 Å². The molecule has 2 aromatic heterocycles. The van der Waals surface area contributed by atoms with Gasteiger partial charge in [-0.1, -0.05) is 11.6 Å². The van der Waals surface area contributed by atoms with E-state index in [0.717, 1.165) is 49.4 Å². The molecule has 7 heteroatoms. The van der Waals surface area contributed by atoms with E-state index < -0.39 is 0 Å². The Bertz CT molecular complexity index is 585. The molecule has 0 amide bonds. The molecule has 2 aromatic rings. The Morgan fingerprint density at radius 3 is 2.60 bits per heavy atom. The zero-order chi connectivity index (χ0) is 14.1. The van der Waals surface area contributed by atoms with Crippen LogP contribution in [-0.4, -0.2) is 45.6 Å². The molecule has 20 heavy (non-hydrogen) atoms. The summed E-state index contributed by atoms with van der Waals surface area (Å²) >= 11 is 7.75. The number of rotatable bonds is 3. The molecule has 3 rings (SSSR count).